The smallest absolute Gasteiger partial charge is 0.748 e. The van der Waals surface area contributed by atoms with Crippen LogP contribution in [0.25, 0.3) is 0 Å². The average molecular weight is 461 g/mol. The molecule has 0 fully saturated rings. The molecule has 0 spiro atoms. The Hall–Kier alpha value is 0.400. The van der Waals surface area contributed by atoms with Gasteiger partial charge in [-0.15, -0.1) is 0 Å². The zero-order valence-corrected chi connectivity index (χ0v) is 21.7. The number of hydrogen-bond acceptors (Lipinski definition) is 5. The summed E-state index contributed by atoms with van der Waals surface area (Å²) >= 11 is 0. The van der Waals surface area contributed by atoms with Crippen LogP contribution < -0.4 is 29.6 Å². The molecule has 0 aromatic heterocycles. The van der Waals surface area contributed by atoms with Crippen LogP contribution in [-0.2, 0) is 16.5 Å². The second-order valence-corrected chi connectivity index (χ2v) is 10.7. The predicted octanol–water partition coefficient (Wildman–Crippen LogP) is 3.69. The molecule has 8 heteroatoms. The third kappa shape index (κ3) is 24.5. The Morgan fingerprint density at radius 1 is 0.793 bits per heavy atom. The molecule has 1 aromatic carbocycles. The van der Waals surface area contributed by atoms with Gasteiger partial charge in [0, 0.05) is 12.5 Å². The summed E-state index contributed by atoms with van der Waals surface area (Å²) in [7, 11) is -6.48. The number of unbranched alkanes of at least 4 members (excludes halogenated alkanes) is 9. The van der Waals surface area contributed by atoms with Gasteiger partial charge in [0.2, 0.25) is 0 Å². The van der Waals surface area contributed by atoms with Gasteiger partial charge >= 0.3 is 29.6 Å². The molecule has 1 aromatic rings. The van der Waals surface area contributed by atoms with Crippen molar-refractivity contribution in [1.82, 2.24) is 0 Å². The summed E-state index contributed by atoms with van der Waals surface area (Å²) in [5.74, 6) is 0. The van der Waals surface area contributed by atoms with Gasteiger partial charge in [-0.25, -0.2) is 8.42 Å². The fourth-order valence-electron chi connectivity index (χ4n) is 2.73. The van der Waals surface area contributed by atoms with E-state index >= 15 is 0 Å². The zero-order chi connectivity index (χ0) is 20.8. The van der Waals surface area contributed by atoms with Crippen molar-refractivity contribution in [3.05, 3.63) is 29.8 Å². The summed E-state index contributed by atoms with van der Waals surface area (Å²) in [5, 5.41) is 0. The summed E-state index contributed by atoms with van der Waals surface area (Å²) in [6.07, 6.45) is 16.8. The minimum atomic E-state index is -3.92. The van der Waals surface area contributed by atoms with E-state index in [0.717, 1.165) is 6.42 Å². The van der Waals surface area contributed by atoms with Gasteiger partial charge in [0.15, 0.2) is 0 Å². The normalized spacial score (nSPS) is 11.5. The van der Waals surface area contributed by atoms with Gasteiger partial charge in [-0.2, -0.15) is 10.6 Å². The average Bonchev–Trinajstić information content (AvgIpc) is 2.55. The molecule has 0 radical (unpaired) electrons. The van der Waals surface area contributed by atoms with Crippen molar-refractivity contribution in [3.63, 3.8) is 0 Å². The van der Waals surface area contributed by atoms with Gasteiger partial charge in [-0.1, -0.05) is 84.3 Å². The molecular formula is C21H41NaO5S2. The summed E-state index contributed by atoms with van der Waals surface area (Å²) in [6.45, 7) is 2.26. The molecule has 1 rings (SSSR count). The van der Waals surface area contributed by atoms with Gasteiger partial charge < -0.3 is 4.55 Å². The zero-order valence-electron chi connectivity index (χ0n) is 18.0. The largest absolute Gasteiger partial charge is 1.00 e. The molecule has 0 aliphatic heterocycles. The van der Waals surface area contributed by atoms with Crippen LogP contribution in [0.3, 0.4) is 0 Å². The molecule has 0 amide bonds. The molecule has 0 aliphatic rings. The predicted molar refractivity (Wildman–Crippen MR) is 121 cm³/mol. The van der Waals surface area contributed by atoms with Gasteiger partial charge in [0.05, 0.1) is 15.0 Å². The molecule has 5 nitrogen and oxygen atoms in total. The van der Waals surface area contributed by atoms with E-state index in [2.05, 4.69) is 6.92 Å². The maximum atomic E-state index is 9.58. The Kier molecular flexibility index (Phi) is 22.4. The Labute approximate surface area is 203 Å². The van der Waals surface area contributed by atoms with Crippen molar-refractivity contribution >= 4 is 20.7 Å². The third-order valence-electron chi connectivity index (χ3n) is 4.19. The molecule has 0 unspecified atom stereocenters. The fraction of sp³-hybridized carbons (Fsp3) is 0.714. The molecule has 0 bridgehead atoms. The summed E-state index contributed by atoms with van der Waals surface area (Å²) < 4.78 is 46.4. The minimum Gasteiger partial charge on any atom is -0.748 e. The Bertz CT molecular complexity index is 576. The maximum absolute atomic E-state index is 9.58. The molecule has 0 aliphatic carbocycles. The molecule has 0 atom stereocenters. The first-order valence-corrected chi connectivity index (χ1v) is 13.5. The van der Waals surface area contributed by atoms with Crippen LogP contribution in [-0.4, -0.2) is 34.6 Å². The summed E-state index contributed by atoms with van der Waals surface area (Å²) in [6, 6.07) is 7.75. The molecule has 2 N–H and O–H groups in total. The SMILES string of the molecule is C.CCCCCCCCCCCCc1ccc(S(C)(O)O)cc1.CS(=O)(=O)[O-].[Na+]. The van der Waals surface area contributed by atoms with E-state index in [9.17, 15) is 9.11 Å². The van der Waals surface area contributed by atoms with Gasteiger partial charge in [0.1, 0.15) is 0 Å². The Balaban J connectivity index is -0.000000860. The van der Waals surface area contributed by atoms with Gasteiger partial charge in [-0.3, -0.25) is 9.11 Å². The fourth-order valence-corrected chi connectivity index (χ4v) is 3.38. The van der Waals surface area contributed by atoms with Crippen molar-refractivity contribution in [3.8, 4) is 0 Å². The molecule has 29 heavy (non-hydrogen) atoms. The van der Waals surface area contributed by atoms with Crippen molar-refractivity contribution in [2.45, 2.75) is 89.9 Å². The van der Waals surface area contributed by atoms with Crippen LogP contribution >= 0.6 is 10.6 Å². The van der Waals surface area contributed by atoms with Crippen molar-refractivity contribution in [2.75, 3.05) is 12.5 Å². The standard InChI is InChI=1S/C19H34O2S.CH4O3S.CH4.Na/c1-3-4-5-6-7-8-9-10-11-12-13-18-14-16-19(17-15-18)22(2,20)21;1-5(2,3)4;;/h14-17,20-21H,3-13H2,1-2H3;1H3,(H,2,3,4);1H4;/q;;;+1/p-1. The summed E-state index contributed by atoms with van der Waals surface area (Å²) in [4.78, 5) is 0.638. The molecule has 0 saturated carbocycles. The first-order valence-electron chi connectivity index (χ1n) is 9.77. The minimum absolute atomic E-state index is 0. The van der Waals surface area contributed by atoms with Crippen molar-refractivity contribution < 1.29 is 51.6 Å². The monoisotopic (exact) mass is 460 g/mol. The Morgan fingerprint density at radius 3 is 1.48 bits per heavy atom. The molecule has 0 heterocycles. The number of rotatable bonds is 12. The molecule has 168 valence electrons. The van der Waals surface area contributed by atoms with E-state index in [1.165, 1.54) is 76.0 Å². The van der Waals surface area contributed by atoms with Crippen LogP contribution in [0.1, 0.15) is 84.1 Å². The van der Waals surface area contributed by atoms with E-state index in [4.69, 9.17) is 13.0 Å². The van der Waals surface area contributed by atoms with Crippen LogP contribution in [0.5, 0.6) is 0 Å². The van der Waals surface area contributed by atoms with Crippen molar-refractivity contribution in [1.29, 1.82) is 0 Å². The number of benzene rings is 1. The van der Waals surface area contributed by atoms with Crippen molar-refractivity contribution in [2.24, 2.45) is 0 Å². The second-order valence-electron chi connectivity index (χ2n) is 7.11. The number of aryl methyl sites for hydroxylation is 1. The molecular weight excluding hydrogens is 419 g/mol. The molecule has 0 saturated heterocycles. The third-order valence-corrected chi connectivity index (χ3v) is 5.35. The van der Waals surface area contributed by atoms with Crippen LogP contribution in [0.4, 0.5) is 0 Å². The number of hydrogen-bond donors (Lipinski definition) is 2. The van der Waals surface area contributed by atoms with E-state index in [0.29, 0.717) is 11.2 Å². The topological polar surface area (TPSA) is 97.7 Å². The van der Waals surface area contributed by atoms with Gasteiger partial charge in [-0.05, 0) is 30.5 Å². The van der Waals surface area contributed by atoms with Gasteiger partial charge in [0.25, 0.3) is 0 Å². The van der Waals surface area contributed by atoms with E-state index < -0.39 is 20.7 Å². The van der Waals surface area contributed by atoms with Crippen LogP contribution in [0.2, 0.25) is 0 Å². The van der Waals surface area contributed by atoms with E-state index in [1.54, 1.807) is 0 Å². The van der Waals surface area contributed by atoms with Crippen LogP contribution in [0.15, 0.2) is 29.2 Å². The van der Waals surface area contributed by atoms with E-state index in [1.807, 2.05) is 24.3 Å². The maximum Gasteiger partial charge on any atom is 1.00 e. The second kappa shape index (κ2) is 19.1. The first kappa shape index (κ1) is 34.0. The van der Waals surface area contributed by atoms with E-state index in [-0.39, 0.29) is 37.0 Å². The quantitative estimate of drug-likeness (QED) is 0.282. The van der Waals surface area contributed by atoms with Crippen LogP contribution in [0, 0.1) is 0 Å². The summed E-state index contributed by atoms with van der Waals surface area (Å²) in [5.41, 5.74) is 1.30. The Morgan fingerprint density at radius 2 is 1.14 bits per heavy atom. The first-order chi connectivity index (χ1) is 12.5.